The average molecular weight is 389 g/mol. The maximum absolute atomic E-state index is 13.3. The lowest BCUT2D eigenvalue weighted by molar-refractivity contribution is 0.101. The van der Waals surface area contributed by atoms with Crippen LogP contribution in [-0.4, -0.2) is 15.7 Å². The number of rotatable bonds is 6. The Labute approximate surface area is 165 Å². The highest BCUT2D eigenvalue weighted by Crippen LogP contribution is 2.53. The van der Waals surface area contributed by atoms with Gasteiger partial charge in [0.25, 0.3) is 12.3 Å². The fourth-order valence-corrected chi connectivity index (χ4v) is 4.91. The summed E-state index contributed by atoms with van der Waals surface area (Å²) in [5, 5.41) is 6.65. The van der Waals surface area contributed by atoms with Crippen LogP contribution in [0.4, 0.5) is 14.5 Å². The largest absolute Gasteiger partial charge is 0.322 e. The molecular formula is C22H29F2N3O. The van der Waals surface area contributed by atoms with Gasteiger partial charge in [-0.1, -0.05) is 46.2 Å². The van der Waals surface area contributed by atoms with E-state index in [9.17, 15) is 13.6 Å². The number of aromatic nitrogens is 2. The number of nitrogens with one attached hydrogen (secondary N) is 1. The molecule has 1 heterocycles. The summed E-state index contributed by atoms with van der Waals surface area (Å²) >= 11 is 0. The smallest absolute Gasteiger partial charge is 0.282 e. The van der Waals surface area contributed by atoms with Crippen molar-refractivity contribution in [1.29, 1.82) is 0 Å². The summed E-state index contributed by atoms with van der Waals surface area (Å²) in [5.41, 5.74) is 2.63. The standard InChI is InChI=1S/C22H29F2N3O/c1-6-8-14-13(4)18(12(2)3)15-9-7-10-17(19(14)15)25-22(28)16-11-27(5)26-20(16)21(23)24/h7,9-14,18,21H,6,8H2,1-5H3,(H,25,28). The molecule has 1 aromatic carbocycles. The molecule has 1 amide bonds. The molecule has 0 saturated heterocycles. The zero-order chi connectivity index (χ0) is 20.6. The third kappa shape index (κ3) is 3.56. The molecule has 1 aromatic heterocycles. The lowest BCUT2D eigenvalue weighted by Gasteiger charge is -2.24. The molecule has 0 fully saturated rings. The van der Waals surface area contributed by atoms with Crippen molar-refractivity contribution in [2.24, 2.45) is 18.9 Å². The number of amides is 1. The highest BCUT2D eigenvalue weighted by atomic mass is 19.3. The van der Waals surface area contributed by atoms with Gasteiger partial charge in [0.05, 0.1) is 5.56 Å². The van der Waals surface area contributed by atoms with Gasteiger partial charge in [0.2, 0.25) is 0 Å². The fraction of sp³-hybridized carbons (Fsp3) is 0.545. The zero-order valence-corrected chi connectivity index (χ0v) is 17.2. The van der Waals surface area contributed by atoms with Crippen LogP contribution < -0.4 is 5.32 Å². The van der Waals surface area contributed by atoms with Crippen molar-refractivity contribution >= 4 is 11.6 Å². The van der Waals surface area contributed by atoms with E-state index in [1.165, 1.54) is 29.1 Å². The maximum Gasteiger partial charge on any atom is 0.282 e. The number of alkyl halides is 2. The maximum atomic E-state index is 13.3. The van der Waals surface area contributed by atoms with Gasteiger partial charge in [-0.25, -0.2) is 8.78 Å². The Balaban J connectivity index is 2.00. The molecule has 3 unspecified atom stereocenters. The number of carbonyl (C=O) groups excluding carboxylic acids is 1. The average Bonchev–Trinajstić information content (AvgIpc) is 3.14. The van der Waals surface area contributed by atoms with Crippen LogP contribution in [0.5, 0.6) is 0 Å². The van der Waals surface area contributed by atoms with Gasteiger partial charge in [-0.15, -0.1) is 0 Å². The van der Waals surface area contributed by atoms with Crippen molar-refractivity contribution in [2.75, 3.05) is 5.32 Å². The summed E-state index contributed by atoms with van der Waals surface area (Å²) in [5.74, 6) is 1.21. The summed E-state index contributed by atoms with van der Waals surface area (Å²) in [6, 6.07) is 5.98. The van der Waals surface area contributed by atoms with Gasteiger partial charge in [-0.3, -0.25) is 9.48 Å². The zero-order valence-electron chi connectivity index (χ0n) is 17.2. The highest BCUT2D eigenvalue weighted by molar-refractivity contribution is 6.05. The van der Waals surface area contributed by atoms with E-state index in [0.29, 0.717) is 23.7 Å². The van der Waals surface area contributed by atoms with Gasteiger partial charge in [-0.2, -0.15) is 5.10 Å². The number of carbonyl (C=O) groups is 1. The lowest BCUT2D eigenvalue weighted by atomic mass is 9.80. The van der Waals surface area contributed by atoms with Crippen molar-refractivity contribution in [3.05, 3.63) is 46.8 Å². The van der Waals surface area contributed by atoms with Crippen LogP contribution in [-0.2, 0) is 7.05 Å². The number of nitrogens with zero attached hydrogens (tertiary/aromatic N) is 2. The van der Waals surface area contributed by atoms with Crippen LogP contribution in [0.3, 0.4) is 0 Å². The van der Waals surface area contributed by atoms with Gasteiger partial charge in [0, 0.05) is 18.9 Å². The molecule has 4 nitrogen and oxygen atoms in total. The predicted molar refractivity (Wildman–Crippen MR) is 107 cm³/mol. The van der Waals surface area contributed by atoms with Gasteiger partial charge < -0.3 is 5.32 Å². The van der Waals surface area contributed by atoms with Crippen LogP contribution in [0.2, 0.25) is 0 Å². The summed E-state index contributed by atoms with van der Waals surface area (Å²) < 4.78 is 27.8. The fourth-order valence-electron chi connectivity index (χ4n) is 4.91. The molecule has 0 radical (unpaired) electrons. The Morgan fingerprint density at radius 2 is 2.04 bits per heavy atom. The molecule has 152 valence electrons. The Kier molecular flexibility index (Phi) is 5.87. The van der Waals surface area contributed by atoms with Crippen molar-refractivity contribution in [3.8, 4) is 0 Å². The van der Waals surface area contributed by atoms with Crippen molar-refractivity contribution in [2.45, 2.75) is 58.8 Å². The molecule has 3 atom stereocenters. The molecule has 2 aromatic rings. The third-order valence-corrected chi connectivity index (χ3v) is 5.95. The summed E-state index contributed by atoms with van der Waals surface area (Å²) in [4.78, 5) is 12.8. The van der Waals surface area contributed by atoms with Crippen LogP contribution in [0, 0.1) is 11.8 Å². The van der Waals surface area contributed by atoms with Crippen LogP contribution in [0.15, 0.2) is 24.4 Å². The van der Waals surface area contributed by atoms with E-state index in [2.05, 4.69) is 44.2 Å². The van der Waals surface area contributed by atoms with E-state index in [1.807, 2.05) is 12.1 Å². The summed E-state index contributed by atoms with van der Waals surface area (Å²) in [6.07, 6.45) is 0.656. The number of hydrogen-bond donors (Lipinski definition) is 1. The van der Waals surface area contributed by atoms with E-state index in [4.69, 9.17) is 0 Å². The second-order valence-corrected chi connectivity index (χ2v) is 8.19. The number of halogens is 2. The molecule has 0 spiro atoms. The highest BCUT2D eigenvalue weighted by Gasteiger charge is 2.40. The van der Waals surface area contributed by atoms with Gasteiger partial charge >= 0.3 is 0 Å². The van der Waals surface area contributed by atoms with Gasteiger partial charge in [0.15, 0.2) is 0 Å². The number of benzene rings is 1. The Morgan fingerprint density at radius 1 is 1.32 bits per heavy atom. The van der Waals surface area contributed by atoms with Crippen molar-refractivity contribution in [3.63, 3.8) is 0 Å². The Hall–Kier alpha value is -2.24. The quantitative estimate of drug-likeness (QED) is 0.670. The Bertz CT molecular complexity index is 859. The van der Waals surface area contributed by atoms with Gasteiger partial charge in [0.1, 0.15) is 5.69 Å². The topological polar surface area (TPSA) is 46.9 Å². The normalized spacial score (nSPS) is 21.4. The molecule has 28 heavy (non-hydrogen) atoms. The Morgan fingerprint density at radius 3 is 2.64 bits per heavy atom. The number of fused-ring (bicyclic) bond motifs is 1. The van der Waals surface area contributed by atoms with Crippen molar-refractivity contribution < 1.29 is 13.6 Å². The van der Waals surface area contributed by atoms with E-state index >= 15 is 0 Å². The lowest BCUT2D eigenvalue weighted by Crippen LogP contribution is -2.16. The molecule has 3 rings (SSSR count). The van der Waals surface area contributed by atoms with Crippen molar-refractivity contribution in [1.82, 2.24) is 9.78 Å². The van der Waals surface area contributed by atoms with E-state index in [1.54, 1.807) is 0 Å². The van der Waals surface area contributed by atoms with Crippen LogP contribution >= 0.6 is 0 Å². The summed E-state index contributed by atoms with van der Waals surface area (Å²) in [6.45, 7) is 8.91. The second kappa shape index (κ2) is 8.02. The van der Waals surface area contributed by atoms with Crippen LogP contribution in [0.25, 0.3) is 0 Å². The van der Waals surface area contributed by atoms with E-state index in [0.717, 1.165) is 18.5 Å². The predicted octanol–water partition coefficient (Wildman–Crippen LogP) is 5.88. The molecule has 1 aliphatic carbocycles. The molecule has 1 aliphatic rings. The van der Waals surface area contributed by atoms with Crippen LogP contribution in [0.1, 0.15) is 86.0 Å². The molecule has 0 bridgehead atoms. The first-order chi connectivity index (χ1) is 13.3. The molecular weight excluding hydrogens is 360 g/mol. The molecule has 1 N–H and O–H groups in total. The number of hydrogen-bond acceptors (Lipinski definition) is 2. The minimum Gasteiger partial charge on any atom is -0.322 e. The van der Waals surface area contributed by atoms with E-state index in [-0.39, 0.29) is 5.56 Å². The monoisotopic (exact) mass is 389 g/mol. The first kappa shape index (κ1) is 20.5. The molecule has 0 aliphatic heterocycles. The SMILES string of the molecule is CCCC1c2c(NC(=O)c3cn(C)nc3C(F)F)cccc2C(C(C)C)C1C. The first-order valence-corrected chi connectivity index (χ1v) is 10.0. The minimum absolute atomic E-state index is 0.0754. The third-order valence-electron chi connectivity index (χ3n) is 5.95. The summed E-state index contributed by atoms with van der Waals surface area (Å²) in [7, 11) is 1.54. The second-order valence-electron chi connectivity index (χ2n) is 8.19. The molecule has 0 saturated carbocycles. The number of aryl methyl sites for hydroxylation is 1. The number of anilines is 1. The van der Waals surface area contributed by atoms with E-state index < -0.39 is 18.0 Å². The minimum atomic E-state index is -2.79. The first-order valence-electron chi connectivity index (χ1n) is 10.0. The van der Waals surface area contributed by atoms with Gasteiger partial charge in [-0.05, 0) is 47.3 Å². The molecule has 6 heteroatoms.